The van der Waals surface area contributed by atoms with Crippen LogP contribution >= 0.6 is 0 Å². The van der Waals surface area contributed by atoms with E-state index >= 15 is 0 Å². The second kappa shape index (κ2) is 8.81. The van der Waals surface area contributed by atoms with Gasteiger partial charge in [-0.25, -0.2) is 0 Å². The van der Waals surface area contributed by atoms with E-state index in [0.29, 0.717) is 22.6 Å². The fraction of sp³-hybridized carbons (Fsp3) is 0.304. The Kier molecular flexibility index (Phi) is 5.91. The number of methoxy groups -OCH3 is 3. The SMILES string of the molecule is COC(=O)CCNC(=O)CN1C(=O)c2ccccc2N2C(=O)c3c(ccc(OC)c3OC)[C@@H]12. The van der Waals surface area contributed by atoms with Gasteiger partial charge in [0, 0.05) is 12.1 Å². The Morgan fingerprint density at radius 2 is 1.76 bits per heavy atom. The Morgan fingerprint density at radius 3 is 2.45 bits per heavy atom. The number of esters is 1. The van der Waals surface area contributed by atoms with Gasteiger partial charge in [-0.15, -0.1) is 0 Å². The summed E-state index contributed by atoms with van der Waals surface area (Å²) in [5, 5.41) is 2.61. The van der Waals surface area contributed by atoms with Crippen LogP contribution < -0.4 is 19.7 Å². The number of hydrogen-bond acceptors (Lipinski definition) is 7. The number of amides is 3. The average Bonchev–Trinajstić information content (AvgIpc) is 3.13. The highest BCUT2D eigenvalue weighted by Crippen LogP contribution is 2.49. The molecule has 0 radical (unpaired) electrons. The molecule has 1 atom stereocenters. The van der Waals surface area contributed by atoms with Gasteiger partial charge in [0.2, 0.25) is 5.91 Å². The zero-order chi connectivity index (χ0) is 23.7. The van der Waals surface area contributed by atoms with E-state index < -0.39 is 18.0 Å². The smallest absolute Gasteiger partial charge is 0.307 e. The number of fused-ring (bicyclic) bond motifs is 5. The van der Waals surface area contributed by atoms with Gasteiger partial charge in [-0.3, -0.25) is 24.1 Å². The number of benzene rings is 2. The third-order valence-corrected chi connectivity index (χ3v) is 5.68. The molecule has 0 fully saturated rings. The van der Waals surface area contributed by atoms with Crippen molar-refractivity contribution >= 4 is 29.4 Å². The summed E-state index contributed by atoms with van der Waals surface area (Å²) in [5.41, 5.74) is 1.57. The number of rotatable bonds is 7. The quantitative estimate of drug-likeness (QED) is 0.632. The predicted octanol–water partition coefficient (Wildman–Crippen LogP) is 1.50. The minimum absolute atomic E-state index is 0.00683. The van der Waals surface area contributed by atoms with E-state index in [1.807, 2.05) is 0 Å². The van der Waals surface area contributed by atoms with Gasteiger partial charge in [-0.1, -0.05) is 18.2 Å². The molecule has 2 heterocycles. The fourth-order valence-corrected chi connectivity index (χ4v) is 4.20. The maximum Gasteiger partial charge on any atom is 0.307 e. The summed E-state index contributed by atoms with van der Waals surface area (Å²) in [5.74, 6) is -1.01. The van der Waals surface area contributed by atoms with Crippen molar-refractivity contribution in [2.75, 3.05) is 39.3 Å². The third kappa shape index (κ3) is 3.63. The maximum atomic E-state index is 13.6. The molecule has 0 aromatic heterocycles. The van der Waals surface area contributed by atoms with Crippen LogP contribution in [0.25, 0.3) is 0 Å². The van der Waals surface area contributed by atoms with Crippen LogP contribution in [0.5, 0.6) is 11.5 Å². The first kappa shape index (κ1) is 22.1. The van der Waals surface area contributed by atoms with Crippen molar-refractivity contribution in [3.8, 4) is 11.5 Å². The van der Waals surface area contributed by atoms with Crippen molar-refractivity contribution in [3.05, 3.63) is 53.1 Å². The van der Waals surface area contributed by atoms with Crippen LogP contribution in [-0.2, 0) is 14.3 Å². The first-order valence-electron chi connectivity index (χ1n) is 10.2. The Labute approximate surface area is 190 Å². The molecule has 0 saturated heterocycles. The molecule has 2 aromatic carbocycles. The van der Waals surface area contributed by atoms with Crippen LogP contribution in [0.2, 0.25) is 0 Å². The summed E-state index contributed by atoms with van der Waals surface area (Å²) < 4.78 is 15.4. The van der Waals surface area contributed by atoms with Gasteiger partial charge in [0.1, 0.15) is 12.7 Å². The lowest BCUT2D eigenvalue weighted by Gasteiger charge is -2.40. The maximum absolute atomic E-state index is 13.6. The van der Waals surface area contributed by atoms with Crippen molar-refractivity contribution in [1.29, 1.82) is 0 Å². The van der Waals surface area contributed by atoms with E-state index in [0.717, 1.165) is 0 Å². The summed E-state index contributed by atoms with van der Waals surface area (Å²) in [7, 11) is 4.18. The monoisotopic (exact) mass is 453 g/mol. The Hall–Kier alpha value is -4.08. The lowest BCUT2D eigenvalue weighted by Crippen LogP contribution is -2.51. The van der Waals surface area contributed by atoms with Gasteiger partial charge < -0.3 is 24.4 Å². The van der Waals surface area contributed by atoms with Gasteiger partial charge in [0.05, 0.1) is 44.6 Å². The largest absolute Gasteiger partial charge is 0.493 e. The molecule has 33 heavy (non-hydrogen) atoms. The molecule has 4 rings (SSSR count). The van der Waals surface area contributed by atoms with E-state index in [4.69, 9.17) is 9.47 Å². The molecule has 0 unspecified atom stereocenters. The molecule has 3 amide bonds. The summed E-state index contributed by atoms with van der Waals surface area (Å²) >= 11 is 0. The van der Waals surface area contributed by atoms with Crippen LogP contribution in [0.1, 0.15) is 38.9 Å². The highest BCUT2D eigenvalue weighted by atomic mass is 16.5. The molecule has 172 valence electrons. The third-order valence-electron chi connectivity index (χ3n) is 5.68. The summed E-state index contributed by atoms with van der Waals surface area (Å²) in [6.07, 6.45) is -0.826. The highest BCUT2D eigenvalue weighted by Gasteiger charge is 2.50. The topological polar surface area (TPSA) is 114 Å². The van der Waals surface area contributed by atoms with Gasteiger partial charge in [0.25, 0.3) is 11.8 Å². The van der Waals surface area contributed by atoms with Gasteiger partial charge in [0.15, 0.2) is 11.5 Å². The Bertz CT molecular complexity index is 1150. The van der Waals surface area contributed by atoms with E-state index in [1.165, 1.54) is 31.1 Å². The van der Waals surface area contributed by atoms with Crippen molar-refractivity contribution in [3.63, 3.8) is 0 Å². The molecular weight excluding hydrogens is 430 g/mol. The standard InChI is InChI=1S/C23H23N3O7/c1-31-16-9-8-14-19(20(16)33-3)23(30)26-15-7-5-4-6-13(15)22(29)25(21(14)26)12-17(27)24-11-10-18(28)32-2/h4-9,21H,10-12H2,1-3H3,(H,24,27)/t21-/m0/s1. The number of ether oxygens (including phenoxy) is 3. The molecule has 0 bridgehead atoms. The van der Waals surface area contributed by atoms with E-state index in [-0.39, 0.29) is 42.6 Å². The van der Waals surface area contributed by atoms with Gasteiger partial charge in [-0.05, 0) is 18.2 Å². The zero-order valence-electron chi connectivity index (χ0n) is 18.4. The van der Waals surface area contributed by atoms with Crippen molar-refractivity contribution in [2.45, 2.75) is 12.6 Å². The van der Waals surface area contributed by atoms with Gasteiger partial charge in [-0.2, -0.15) is 0 Å². The minimum Gasteiger partial charge on any atom is -0.493 e. The number of carbonyl (C=O) groups excluding carboxylic acids is 4. The van der Waals surface area contributed by atoms with E-state index in [1.54, 1.807) is 36.4 Å². The Balaban J connectivity index is 1.74. The van der Waals surface area contributed by atoms with Crippen molar-refractivity contribution < 1.29 is 33.4 Å². The molecule has 10 heteroatoms. The number of nitrogens with one attached hydrogen (secondary N) is 1. The van der Waals surface area contributed by atoms with E-state index in [2.05, 4.69) is 10.1 Å². The molecule has 10 nitrogen and oxygen atoms in total. The molecule has 0 aliphatic carbocycles. The normalized spacial score (nSPS) is 16.0. The van der Waals surface area contributed by atoms with Crippen molar-refractivity contribution in [2.24, 2.45) is 0 Å². The van der Waals surface area contributed by atoms with Crippen molar-refractivity contribution in [1.82, 2.24) is 10.2 Å². The fourth-order valence-electron chi connectivity index (χ4n) is 4.20. The van der Waals surface area contributed by atoms with Gasteiger partial charge >= 0.3 is 5.97 Å². The minimum atomic E-state index is -0.832. The molecule has 0 spiro atoms. The van der Waals surface area contributed by atoms with Crippen LogP contribution in [0.15, 0.2) is 36.4 Å². The first-order valence-corrected chi connectivity index (χ1v) is 10.2. The highest BCUT2D eigenvalue weighted by molar-refractivity contribution is 6.18. The summed E-state index contributed by atoms with van der Waals surface area (Å²) in [4.78, 5) is 53.7. The lowest BCUT2D eigenvalue weighted by molar-refractivity contribution is -0.140. The van der Waals surface area contributed by atoms with Crippen LogP contribution in [0, 0.1) is 0 Å². The van der Waals surface area contributed by atoms with Crippen LogP contribution in [-0.4, -0.2) is 63.0 Å². The van der Waals surface area contributed by atoms with Crippen LogP contribution in [0.3, 0.4) is 0 Å². The summed E-state index contributed by atoms with van der Waals surface area (Å²) in [6.45, 7) is -0.240. The number of anilines is 1. The van der Waals surface area contributed by atoms with E-state index in [9.17, 15) is 19.2 Å². The predicted molar refractivity (Wildman–Crippen MR) is 116 cm³/mol. The molecule has 2 aliphatic heterocycles. The molecule has 2 aliphatic rings. The number of para-hydroxylation sites is 1. The molecular formula is C23H23N3O7. The molecule has 1 N–H and O–H groups in total. The van der Waals surface area contributed by atoms with Crippen LogP contribution in [0.4, 0.5) is 5.69 Å². The summed E-state index contributed by atoms with van der Waals surface area (Å²) in [6, 6.07) is 10.1. The zero-order valence-corrected chi connectivity index (χ0v) is 18.4. The number of hydrogen-bond donors (Lipinski definition) is 1. The molecule has 2 aromatic rings. The second-order valence-electron chi connectivity index (χ2n) is 7.44. The Morgan fingerprint density at radius 1 is 1.00 bits per heavy atom. The lowest BCUT2D eigenvalue weighted by atomic mass is 10.0. The molecule has 0 saturated carbocycles. The second-order valence-corrected chi connectivity index (χ2v) is 7.44. The number of nitrogens with zero attached hydrogens (tertiary/aromatic N) is 2. The average molecular weight is 453 g/mol. The first-order chi connectivity index (χ1) is 15.9. The number of carbonyl (C=O) groups is 4.